The summed E-state index contributed by atoms with van der Waals surface area (Å²) in [5.74, 6) is 2.56. The smallest absolute Gasteiger partial charge is 0.00980 e. The van der Waals surface area contributed by atoms with Gasteiger partial charge in [0, 0.05) is 12.1 Å². The van der Waals surface area contributed by atoms with Gasteiger partial charge in [-0.05, 0) is 51.0 Å². The second-order valence-corrected chi connectivity index (χ2v) is 6.83. The van der Waals surface area contributed by atoms with Gasteiger partial charge in [-0.15, -0.1) is 0 Å². The molecule has 0 saturated carbocycles. The Bertz CT molecular complexity index is 226. The van der Waals surface area contributed by atoms with Gasteiger partial charge < -0.3 is 0 Å². The van der Waals surface area contributed by atoms with Crippen molar-refractivity contribution >= 4 is 0 Å². The van der Waals surface area contributed by atoms with Crippen LogP contribution in [0, 0.1) is 17.8 Å². The Labute approximate surface area is 115 Å². The lowest BCUT2D eigenvalue weighted by Gasteiger charge is -2.37. The maximum Gasteiger partial charge on any atom is 0.00980 e. The van der Waals surface area contributed by atoms with Gasteiger partial charge in [0.15, 0.2) is 0 Å². The third-order valence-electron chi connectivity index (χ3n) is 5.54. The Morgan fingerprint density at radius 3 is 2.11 bits per heavy atom. The molecule has 0 aromatic heterocycles. The minimum absolute atomic E-state index is 0.751. The van der Waals surface area contributed by atoms with E-state index in [0.29, 0.717) is 0 Å². The van der Waals surface area contributed by atoms with Crippen molar-refractivity contribution in [2.75, 3.05) is 6.54 Å². The van der Waals surface area contributed by atoms with Crippen LogP contribution in [0.2, 0.25) is 0 Å². The van der Waals surface area contributed by atoms with Crippen LogP contribution in [-0.2, 0) is 0 Å². The summed E-state index contributed by atoms with van der Waals surface area (Å²) in [6, 6.07) is 1.51. The van der Waals surface area contributed by atoms with Gasteiger partial charge in [0.1, 0.15) is 0 Å². The molecular formula is C17H35N. The van der Waals surface area contributed by atoms with Crippen LogP contribution >= 0.6 is 0 Å². The van der Waals surface area contributed by atoms with E-state index in [1.807, 2.05) is 0 Å². The Balaban J connectivity index is 2.60. The molecule has 108 valence electrons. The number of hydrogen-bond donors (Lipinski definition) is 0. The summed E-state index contributed by atoms with van der Waals surface area (Å²) >= 11 is 0. The fraction of sp³-hybridized carbons (Fsp3) is 1.00. The molecule has 0 bridgehead atoms. The lowest BCUT2D eigenvalue weighted by Crippen LogP contribution is -2.44. The summed E-state index contributed by atoms with van der Waals surface area (Å²) < 4.78 is 0. The van der Waals surface area contributed by atoms with Gasteiger partial charge in [0.25, 0.3) is 0 Å². The molecule has 0 aromatic rings. The molecule has 1 nitrogen and oxygen atoms in total. The first-order chi connectivity index (χ1) is 8.49. The summed E-state index contributed by atoms with van der Waals surface area (Å²) in [6.07, 6.45) is 6.94. The van der Waals surface area contributed by atoms with Crippen LogP contribution in [0.25, 0.3) is 0 Å². The van der Waals surface area contributed by atoms with Crippen LogP contribution in [0.3, 0.4) is 0 Å². The van der Waals surface area contributed by atoms with Crippen molar-refractivity contribution in [3.63, 3.8) is 0 Å². The van der Waals surface area contributed by atoms with Crippen molar-refractivity contribution in [3.05, 3.63) is 0 Å². The second kappa shape index (κ2) is 7.53. The van der Waals surface area contributed by atoms with Crippen molar-refractivity contribution in [1.82, 2.24) is 4.90 Å². The molecule has 5 unspecified atom stereocenters. The topological polar surface area (TPSA) is 3.24 Å². The highest BCUT2D eigenvalue weighted by Gasteiger charge is 2.34. The Kier molecular flexibility index (Phi) is 6.70. The molecule has 1 aliphatic rings. The second-order valence-electron chi connectivity index (χ2n) is 6.83. The van der Waals surface area contributed by atoms with Crippen LogP contribution in [0.5, 0.6) is 0 Å². The summed E-state index contributed by atoms with van der Waals surface area (Å²) in [6.45, 7) is 15.9. The van der Waals surface area contributed by atoms with Gasteiger partial charge in [-0.2, -0.15) is 0 Å². The van der Waals surface area contributed by atoms with Crippen LogP contribution < -0.4 is 0 Å². The summed E-state index contributed by atoms with van der Waals surface area (Å²) in [4.78, 5) is 2.80. The van der Waals surface area contributed by atoms with Crippen molar-refractivity contribution in [2.45, 2.75) is 85.7 Å². The lowest BCUT2D eigenvalue weighted by molar-refractivity contribution is 0.103. The first kappa shape index (κ1) is 16.0. The molecule has 1 rings (SSSR count). The summed E-state index contributed by atoms with van der Waals surface area (Å²) in [7, 11) is 0. The van der Waals surface area contributed by atoms with E-state index < -0.39 is 0 Å². The molecular weight excluding hydrogens is 218 g/mol. The maximum atomic E-state index is 2.80. The van der Waals surface area contributed by atoms with Crippen LogP contribution in [0.4, 0.5) is 0 Å². The molecule has 0 N–H and O–H groups in total. The van der Waals surface area contributed by atoms with Gasteiger partial charge >= 0.3 is 0 Å². The third-order valence-corrected chi connectivity index (χ3v) is 5.54. The first-order valence-corrected chi connectivity index (χ1v) is 8.24. The Hall–Kier alpha value is -0.0400. The predicted molar refractivity (Wildman–Crippen MR) is 81.9 cm³/mol. The average molecular weight is 253 g/mol. The number of rotatable bonds is 5. The zero-order valence-corrected chi connectivity index (χ0v) is 13.6. The Morgan fingerprint density at radius 1 is 0.833 bits per heavy atom. The van der Waals surface area contributed by atoms with E-state index in [4.69, 9.17) is 0 Å². The first-order valence-electron chi connectivity index (χ1n) is 8.24. The highest BCUT2D eigenvalue weighted by Crippen LogP contribution is 2.34. The van der Waals surface area contributed by atoms with Crippen LogP contribution in [0.15, 0.2) is 0 Å². The zero-order valence-electron chi connectivity index (χ0n) is 13.6. The molecule has 1 heteroatoms. The Morgan fingerprint density at radius 2 is 1.50 bits per heavy atom. The fourth-order valence-corrected chi connectivity index (χ4v) is 3.60. The SMILES string of the molecule is CCCCCCN1C(C)C(C)CC(C)C(C)C1C. The van der Waals surface area contributed by atoms with Gasteiger partial charge in [0.05, 0.1) is 0 Å². The maximum absolute atomic E-state index is 2.80. The van der Waals surface area contributed by atoms with Crippen LogP contribution in [-0.4, -0.2) is 23.5 Å². The largest absolute Gasteiger partial charge is 0.297 e. The lowest BCUT2D eigenvalue weighted by atomic mass is 9.85. The molecule has 1 heterocycles. The standard InChI is InChI=1S/C17H35N/c1-7-8-9-10-11-18-16(5)14(3)12-13(2)15(4)17(18)6/h13-17H,7-12H2,1-6H3. The molecule has 1 saturated heterocycles. The van der Waals surface area contributed by atoms with E-state index in [2.05, 4.69) is 46.4 Å². The quantitative estimate of drug-likeness (QED) is 0.626. The fourth-order valence-electron chi connectivity index (χ4n) is 3.60. The van der Waals surface area contributed by atoms with E-state index in [1.165, 1.54) is 38.6 Å². The number of likely N-dealkylation sites (tertiary alicyclic amines) is 1. The van der Waals surface area contributed by atoms with Crippen molar-refractivity contribution in [1.29, 1.82) is 0 Å². The molecule has 5 atom stereocenters. The average Bonchev–Trinajstić information content (AvgIpc) is 2.41. The van der Waals surface area contributed by atoms with Crippen molar-refractivity contribution < 1.29 is 0 Å². The molecule has 0 aliphatic carbocycles. The molecule has 1 aliphatic heterocycles. The predicted octanol–water partition coefficient (Wildman–Crippen LogP) is 4.96. The van der Waals surface area contributed by atoms with Gasteiger partial charge in [-0.25, -0.2) is 0 Å². The molecule has 1 fully saturated rings. The molecule has 18 heavy (non-hydrogen) atoms. The molecule has 0 aromatic carbocycles. The molecule has 0 amide bonds. The summed E-state index contributed by atoms with van der Waals surface area (Å²) in [5, 5.41) is 0. The van der Waals surface area contributed by atoms with E-state index in [9.17, 15) is 0 Å². The molecule has 0 spiro atoms. The van der Waals surface area contributed by atoms with E-state index in [0.717, 1.165) is 29.8 Å². The number of nitrogens with zero attached hydrogens (tertiary/aromatic N) is 1. The van der Waals surface area contributed by atoms with E-state index >= 15 is 0 Å². The highest BCUT2D eigenvalue weighted by atomic mass is 15.2. The minimum atomic E-state index is 0.751. The normalized spacial score (nSPS) is 38.7. The minimum Gasteiger partial charge on any atom is -0.297 e. The van der Waals surface area contributed by atoms with Crippen molar-refractivity contribution in [3.8, 4) is 0 Å². The van der Waals surface area contributed by atoms with Crippen molar-refractivity contribution in [2.24, 2.45) is 17.8 Å². The van der Waals surface area contributed by atoms with E-state index in [1.54, 1.807) is 0 Å². The summed E-state index contributed by atoms with van der Waals surface area (Å²) in [5.41, 5.74) is 0. The molecule has 0 radical (unpaired) electrons. The third kappa shape index (κ3) is 3.98. The zero-order chi connectivity index (χ0) is 13.7. The number of unbranched alkanes of at least 4 members (excludes halogenated alkanes) is 3. The van der Waals surface area contributed by atoms with E-state index in [-0.39, 0.29) is 0 Å². The highest BCUT2D eigenvalue weighted by molar-refractivity contribution is 4.87. The van der Waals surface area contributed by atoms with Gasteiger partial charge in [0.2, 0.25) is 0 Å². The monoisotopic (exact) mass is 253 g/mol. The number of hydrogen-bond acceptors (Lipinski definition) is 1. The van der Waals surface area contributed by atoms with Crippen LogP contribution in [0.1, 0.15) is 73.6 Å². The van der Waals surface area contributed by atoms with Gasteiger partial charge in [-0.1, -0.05) is 47.0 Å². The van der Waals surface area contributed by atoms with Gasteiger partial charge in [-0.3, -0.25) is 4.90 Å².